The van der Waals surface area contributed by atoms with Crippen molar-refractivity contribution in [2.45, 2.75) is 6.92 Å². The van der Waals surface area contributed by atoms with Gasteiger partial charge in [-0.2, -0.15) is 0 Å². The van der Waals surface area contributed by atoms with Crippen LogP contribution in [0.25, 0.3) is 6.08 Å². The third-order valence-corrected chi connectivity index (χ3v) is 5.96. The number of carbonyl (C=O) groups excluding carboxylic acids is 4. The number of aryl methyl sites for hydroxylation is 1. The number of nitrogens with zero attached hydrogens (tertiary/aromatic N) is 1. The summed E-state index contributed by atoms with van der Waals surface area (Å²) >= 11 is 12.3. The molecular formula is C27H21Cl2N3O6. The van der Waals surface area contributed by atoms with Gasteiger partial charge in [0.1, 0.15) is 5.57 Å². The number of hydrogen-bond acceptors (Lipinski definition) is 6. The highest BCUT2D eigenvalue weighted by Crippen LogP contribution is 2.37. The number of ether oxygens (including phenoxy) is 2. The predicted octanol–water partition coefficient (Wildman–Crippen LogP) is 4.99. The Hall–Kier alpha value is -4.34. The van der Waals surface area contributed by atoms with Crippen LogP contribution in [0.15, 0.2) is 66.2 Å². The Balaban J connectivity index is 1.55. The van der Waals surface area contributed by atoms with E-state index in [1.54, 1.807) is 12.1 Å². The normalized spacial score (nSPS) is 14.4. The summed E-state index contributed by atoms with van der Waals surface area (Å²) in [6.07, 6.45) is 1.27. The van der Waals surface area contributed by atoms with E-state index in [-0.39, 0.29) is 34.4 Å². The number of halogens is 2. The summed E-state index contributed by atoms with van der Waals surface area (Å²) in [4.78, 5) is 51.1. The molecule has 0 radical (unpaired) electrons. The molecule has 5 amide bonds. The van der Waals surface area contributed by atoms with Crippen LogP contribution >= 0.6 is 23.2 Å². The van der Waals surface area contributed by atoms with Crippen LogP contribution in [0, 0.1) is 6.92 Å². The number of imide groups is 2. The molecule has 0 saturated carbocycles. The second-order valence-corrected chi connectivity index (χ2v) is 9.01. The molecule has 1 fully saturated rings. The van der Waals surface area contributed by atoms with Gasteiger partial charge in [-0.15, -0.1) is 0 Å². The van der Waals surface area contributed by atoms with E-state index < -0.39 is 23.8 Å². The zero-order valence-electron chi connectivity index (χ0n) is 20.2. The van der Waals surface area contributed by atoms with Crippen molar-refractivity contribution in [3.63, 3.8) is 0 Å². The van der Waals surface area contributed by atoms with Gasteiger partial charge in [-0.1, -0.05) is 40.9 Å². The molecule has 0 atom stereocenters. The zero-order chi connectivity index (χ0) is 27.4. The molecular weight excluding hydrogens is 533 g/mol. The number of rotatable bonds is 7. The average molecular weight is 554 g/mol. The lowest BCUT2D eigenvalue weighted by atomic mass is 10.1. The lowest BCUT2D eigenvalue weighted by Gasteiger charge is -2.26. The fourth-order valence-corrected chi connectivity index (χ4v) is 3.98. The number of amides is 5. The number of carbonyl (C=O) groups is 4. The van der Waals surface area contributed by atoms with Crippen LogP contribution in [-0.4, -0.2) is 37.5 Å². The molecule has 1 aliphatic heterocycles. The lowest BCUT2D eigenvalue weighted by molar-refractivity contribution is -0.122. The van der Waals surface area contributed by atoms with Crippen molar-refractivity contribution >= 4 is 64.4 Å². The third-order valence-electron chi connectivity index (χ3n) is 5.43. The number of anilines is 2. The summed E-state index contributed by atoms with van der Waals surface area (Å²) in [7, 11) is 1.38. The highest BCUT2D eigenvalue weighted by molar-refractivity contribution is 6.39. The topological polar surface area (TPSA) is 114 Å². The second-order valence-electron chi connectivity index (χ2n) is 8.17. The van der Waals surface area contributed by atoms with Crippen LogP contribution in [0.3, 0.4) is 0 Å². The number of nitrogens with one attached hydrogen (secondary N) is 2. The molecule has 1 heterocycles. The van der Waals surface area contributed by atoms with Gasteiger partial charge in [-0.05, 0) is 67.1 Å². The number of urea groups is 1. The van der Waals surface area contributed by atoms with Gasteiger partial charge in [-0.3, -0.25) is 19.7 Å². The minimum absolute atomic E-state index is 0.0774. The van der Waals surface area contributed by atoms with Crippen LogP contribution in [-0.2, 0) is 14.4 Å². The smallest absolute Gasteiger partial charge is 0.335 e. The molecule has 0 bridgehead atoms. The van der Waals surface area contributed by atoms with E-state index in [0.29, 0.717) is 16.3 Å². The maximum atomic E-state index is 13.1. The molecule has 2 N–H and O–H groups in total. The first-order valence-corrected chi connectivity index (χ1v) is 12.0. The van der Waals surface area contributed by atoms with Crippen molar-refractivity contribution in [1.82, 2.24) is 5.32 Å². The van der Waals surface area contributed by atoms with Crippen molar-refractivity contribution in [1.29, 1.82) is 0 Å². The predicted molar refractivity (Wildman–Crippen MR) is 144 cm³/mol. The summed E-state index contributed by atoms with van der Waals surface area (Å²) in [5, 5.41) is 5.36. The highest BCUT2D eigenvalue weighted by Gasteiger charge is 2.36. The number of benzene rings is 3. The molecule has 38 heavy (non-hydrogen) atoms. The molecule has 4 rings (SSSR count). The fraction of sp³-hybridized carbons (Fsp3) is 0.111. The molecule has 11 heteroatoms. The minimum Gasteiger partial charge on any atom is -0.493 e. The van der Waals surface area contributed by atoms with E-state index in [2.05, 4.69) is 10.6 Å². The summed E-state index contributed by atoms with van der Waals surface area (Å²) in [5.41, 5.74) is 1.93. The Morgan fingerprint density at radius 2 is 1.71 bits per heavy atom. The molecule has 194 valence electrons. The molecule has 9 nitrogen and oxygen atoms in total. The average Bonchev–Trinajstić information content (AvgIpc) is 2.88. The Bertz CT molecular complexity index is 1450. The van der Waals surface area contributed by atoms with Gasteiger partial charge in [0.2, 0.25) is 0 Å². The Morgan fingerprint density at radius 3 is 2.37 bits per heavy atom. The molecule has 0 aromatic heterocycles. The number of hydrogen-bond donors (Lipinski definition) is 2. The monoisotopic (exact) mass is 553 g/mol. The van der Waals surface area contributed by atoms with Crippen molar-refractivity contribution in [3.05, 3.63) is 87.4 Å². The molecule has 0 spiro atoms. The fourth-order valence-electron chi connectivity index (χ4n) is 3.58. The van der Waals surface area contributed by atoms with E-state index in [4.69, 9.17) is 32.7 Å². The van der Waals surface area contributed by atoms with E-state index in [1.807, 2.05) is 19.1 Å². The first-order chi connectivity index (χ1) is 18.2. The second kappa shape index (κ2) is 11.4. The molecule has 1 saturated heterocycles. The van der Waals surface area contributed by atoms with Crippen LogP contribution in [0.5, 0.6) is 11.5 Å². The van der Waals surface area contributed by atoms with Gasteiger partial charge in [0.25, 0.3) is 17.7 Å². The van der Waals surface area contributed by atoms with Crippen LogP contribution in [0.4, 0.5) is 16.2 Å². The van der Waals surface area contributed by atoms with Gasteiger partial charge in [0.15, 0.2) is 18.1 Å². The van der Waals surface area contributed by atoms with Gasteiger partial charge in [-0.25, -0.2) is 9.69 Å². The molecule has 0 aliphatic carbocycles. The van der Waals surface area contributed by atoms with Crippen molar-refractivity contribution in [3.8, 4) is 11.5 Å². The molecule has 0 unspecified atom stereocenters. The van der Waals surface area contributed by atoms with Gasteiger partial charge < -0.3 is 14.8 Å². The first kappa shape index (κ1) is 26.7. The van der Waals surface area contributed by atoms with Crippen molar-refractivity contribution in [2.75, 3.05) is 23.9 Å². The number of methoxy groups -OCH3 is 1. The van der Waals surface area contributed by atoms with Crippen LogP contribution in [0.2, 0.25) is 10.0 Å². The Labute approximate surface area is 227 Å². The summed E-state index contributed by atoms with van der Waals surface area (Å²) < 4.78 is 11.0. The highest BCUT2D eigenvalue weighted by atomic mass is 35.5. The quantitative estimate of drug-likeness (QED) is 0.314. The van der Waals surface area contributed by atoms with E-state index in [1.165, 1.54) is 49.6 Å². The van der Waals surface area contributed by atoms with Crippen LogP contribution in [0.1, 0.15) is 11.1 Å². The van der Waals surface area contributed by atoms with Gasteiger partial charge in [0, 0.05) is 10.7 Å². The lowest BCUT2D eigenvalue weighted by Crippen LogP contribution is -2.54. The van der Waals surface area contributed by atoms with Crippen molar-refractivity contribution in [2.24, 2.45) is 0 Å². The SMILES string of the molecule is COc1cc(/C=C2\C(=O)NC(=O)N(c3ccc(Cl)cc3)C2=O)cc(Cl)c1OCC(=O)Nc1ccc(C)cc1. The third kappa shape index (κ3) is 5.96. The summed E-state index contributed by atoms with van der Waals surface area (Å²) in [6, 6.07) is 15.3. The Morgan fingerprint density at radius 1 is 1.03 bits per heavy atom. The maximum absolute atomic E-state index is 13.1. The van der Waals surface area contributed by atoms with Gasteiger partial charge >= 0.3 is 6.03 Å². The minimum atomic E-state index is -0.886. The van der Waals surface area contributed by atoms with Gasteiger partial charge in [0.05, 0.1) is 17.8 Å². The zero-order valence-corrected chi connectivity index (χ0v) is 21.7. The van der Waals surface area contributed by atoms with E-state index in [0.717, 1.165) is 10.5 Å². The van der Waals surface area contributed by atoms with E-state index in [9.17, 15) is 19.2 Å². The summed E-state index contributed by atoms with van der Waals surface area (Å²) in [6.45, 7) is 1.60. The first-order valence-electron chi connectivity index (χ1n) is 11.2. The summed E-state index contributed by atoms with van der Waals surface area (Å²) in [5.74, 6) is -1.83. The molecule has 3 aromatic carbocycles. The van der Waals surface area contributed by atoms with Crippen molar-refractivity contribution < 1.29 is 28.7 Å². The molecule has 3 aromatic rings. The van der Waals surface area contributed by atoms with E-state index >= 15 is 0 Å². The Kier molecular flexibility index (Phi) is 7.99. The van der Waals surface area contributed by atoms with Crippen LogP contribution < -0.4 is 25.0 Å². The largest absolute Gasteiger partial charge is 0.493 e. The maximum Gasteiger partial charge on any atom is 0.335 e. The number of barbiturate groups is 1. The standard InChI is InChI=1S/C27H21Cl2N3O6/c1-15-3-7-18(8-4-15)30-23(33)14-38-24-21(29)12-16(13-22(24)37-2)11-20-25(34)31-27(36)32(26(20)35)19-9-5-17(28)6-10-19/h3-13H,14H2,1-2H3,(H,30,33)(H,31,34,36)/b20-11+. The molecule has 1 aliphatic rings.